The van der Waals surface area contributed by atoms with Gasteiger partial charge in [-0.15, -0.1) is 11.8 Å². The Hall–Kier alpha value is -1.00. The van der Waals surface area contributed by atoms with Crippen molar-refractivity contribution in [3.63, 3.8) is 0 Å². The number of thioether (sulfide) groups is 1. The van der Waals surface area contributed by atoms with Gasteiger partial charge in [-0.1, -0.05) is 38.1 Å². The molecule has 2 N–H and O–H groups in total. The number of rotatable bonds is 5. The van der Waals surface area contributed by atoms with Gasteiger partial charge in [0.25, 0.3) is 0 Å². The van der Waals surface area contributed by atoms with Crippen molar-refractivity contribution in [2.24, 2.45) is 5.92 Å². The third kappa shape index (κ3) is 3.76. The first-order chi connectivity index (χ1) is 9.59. The monoisotopic (exact) mass is 293 g/mol. The molecule has 0 bridgehead atoms. The molecule has 0 saturated carbocycles. The molecule has 1 heterocycles. The molecule has 0 aliphatic carbocycles. The first kappa shape index (κ1) is 15.4. The van der Waals surface area contributed by atoms with Crippen LogP contribution in [0.4, 0.5) is 0 Å². The van der Waals surface area contributed by atoms with E-state index in [0.29, 0.717) is 13.0 Å². The van der Waals surface area contributed by atoms with E-state index in [1.54, 1.807) is 11.8 Å². The number of carbonyl (C=O) groups excluding carboxylic acids is 1. The molecule has 2 unspecified atom stereocenters. The minimum absolute atomic E-state index is 0.0677. The largest absolute Gasteiger partial charge is 0.393 e. The number of aliphatic hydroxyl groups is 1. The average molecular weight is 293 g/mol. The SMILES string of the molecule is CC(C)C(O)CCNC(=O)C1SCCc2ccccc21. The molecule has 1 amide bonds. The van der Waals surface area contributed by atoms with Crippen LogP contribution in [-0.2, 0) is 11.2 Å². The molecular weight excluding hydrogens is 270 g/mol. The molecule has 2 rings (SSSR count). The maximum atomic E-state index is 12.3. The lowest BCUT2D eigenvalue weighted by Gasteiger charge is -2.24. The minimum atomic E-state index is -0.346. The molecule has 1 aliphatic rings. The van der Waals surface area contributed by atoms with Crippen LogP contribution < -0.4 is 5.32 Å². The van der Waals surface area contributed by atoms with Crippen LogP contribution >= 0.6 is 11.8 Å². The van der Waals surface area contributed by atoms with Crippen molar-refractivity contribution in [3.8, 4) is 0 Å². The van der Waals surface area contributed by atoms with Gasteiger partial charge < -0.3 is 10.4 Å². The number of aryl methyl sites for hydroxylation is 1. The van der Waals surface area contributed by atoms with Gasteiger partial charge in [-0.25, -0.2) is 0 Å². The maximum absolute atomic E-state index is 12.3. The lowest BCUT2D eigenvalue weighted by atomic mass is 10.0. The normalized spacial score (nSPS) is 19.5. The number of fused-ring (bicyclic) bond motifs is 1. The van der Waals surface area contributed by atoms with Gasteiger partial charge in [-0.05, 0) is 35.6 Å². The summed E-state index contributed by atoms with van der Waals surface area (Å²) in [6.07, 6.45) is 1.31. The third-order valence-corrected chi connectivity index (χ3v) is 4.98. The van der Waals surface area contributed by atoms with E-state index in [1.165, 1.54) is 5.56 Å². The molecule has 2 atom stereocenters. The van der Waals surface area contributed by atoms with E-state index in [1.807, 2.05) is 26.0 Å². The summed E-state index contributed by atoms with van der Waals surface area (Å²) in [6.45, 7) is 4.51. The van der Waals surface area contributed by atoms with Crippen LogP contribution in [-0.4, -0.2) is 29.4 Å². The second kappa shape index (κ2) is 7.14. The van der Waals surface area contributed by atoms with Crippen LogP contribution in [0.5, 0.6) is 0 Å². The standard InChI is InChI=1S/C16H23NO2S/c1-11(2)14(18)7-9-17-16(19)15-13-6-4-3-5-12(13)8-10-20-15/h3-6,11,14-15,18H,7-10H2,1-2H3,(H,17,19). The summed E-state index contributed by atoms with van der Waals surface area (Å²) in [5.74, 6) is 1.29. The van der Waals surface area contributed by atoms with Gasteiger partial charge in [0, 0.05) is 6.54 Å². The van der Waals surface area contributed by atoms with Crippen LogP contribution in [0.2, 0.25) is 0 Å². The van der Waals surface area contributed by atoms with Crippen LogP contribution in [0.15, 0.2) is 24.3 Å². The van der Waals surface area contributed by atoms with Crippen molar-refractivity contribution in [1.82, 2.24) is 5.32 Å². The Morgan fingerprint density at radius 1 is 1.45 bits per heavy atom. The van der Waals surface area contributed by atoms with Crippen LogP contribution in [0, 0.1) is 5.92 Å². The van der Waals surface area contributed by atoms with E-state index < -0.39 is 0 Å². The summed E-state index contributed by atoms with van der Waals surface area (Å²) in [5.41, 5.74) is 2.43. The lowest BCUT2D eigenvalue weighted by Crippen LogP contribution is -2.33. The zero-order valence-corrected chi connectivity index (χ0v) is 13.0. The highest BCUT2D eigenvalue weighted by Crippen LogP contribution is 2.36. The van der Waals surface area contributed by atoms with Gasteiger partial charge >= 0.3 is 0 Å². The number of aliphatic hydroxyl groups excluding tert-OH is 1. The molecule has 3 nitrogen and oxygen atoms in total. The van der Waals surface area contributed by atoms with E-state index in [2.05, 4.69) is 17.4 Å². The van der Waals surface area contributed by atoms with Gasteiger partial charge in [0.15, 0.2) is 0 Å². The highest BCUT2D eigenvalue weighted by molar-refractivity contribution is 8.00. The quantitative estimate of drug-likeness (QED) is 0.877. The van der Waals surface area contributed by atoms with Gasteiger partial charge in [-0.2, -0.15) is 0 Å². The minimum Gasteiger partial charge on any atom is -0.393 e. The maximum Gasteiger partial charge on any atom is 0.237 e. The molecule has 1 aromatic carbocycles. The van der Waals surface area contributed by atoms with Crippen LogP contribution in [0.3, 0.4) is 0 Å². The van der Waals surface area contributed by atoms with Crippen molar-refractivity contribution >= 4 is 17.7 Å². The molecule has 0 spiro atoms. The number of benzene rings is 1. The van der Waals surface area contributed by atoms with Crippen LogP contribution in [0.1, 0.15) is 36.6 Å². The molecule has 1 aromatic rings. The molecule has 0 aromatic heterocycles. The van der Waals surface area contributed by atoms with Gasteiger partial charge in [0.1, 0.15) is 5.25 Å². The molecule has 0 saturated heterocycles. The van der Waals surface area contributed by atoms with Gasteiger partial charge in [-0.3, -0.25) is 4.79 Å². The topological polar surface area (TPSA) is 49.3 Å². The molecule has 0 fully saturated rings. The Morgan fingerprint density at radius 3 is 2.95 bits per heavy atom. The Bertz CT molecular complexity index is 462. The summed E-state index contributed by atoms with van der Waals surface area (Å²) >= 11 is 1.70. The second-order valence-corrected chi connectivity index (χ2v) is 6.80. The predicted octanol–water partition coefficient (Wildman–Crippen LogP) is 2.54. The summed E-state index contributed by atoms with van der Waals surface area (Å²) in [4.78, 5) is 12.3. The molecule has 1 aliphatic heterocycles. The zero-order valence-electron chi connectivity index (χ0n) is 12.1. The van der Waals surface area contributed by atoms with E-state index >= 15 is 0 Å². The molecule has 20 heavy (non-hydrogen) atoms. The van der Waals surface area contributed by atoms with E-state index in [0.717, 1.165) is 17.7 Å². The Morgan fingerprint density at radius 2 is 2.20 bits per heavy atom. The third-order valence-electron chi connectivity index (χ3n) is 3.74. The van der Waals surface area contributed by atoms with Crippen molar-refractivity contribution in [2.45, 2.75) is 38.0 Å². The van der Waals surface area contributed by atoms with Crippen molar-refractivity contribution in [1.29, 1.82) is 0 Å². The van der Waals surface area contributed by atoms with Crippen molar-refractivity contribution in [2.75, 3.05) is 12.3 Å². The fourth-order valence-corrected chi connectivity index (χ4v) is 3.60. The van der Waals surface area contributed by atoms with Gasteiger partial charge in [0.05, 0.1) is 6.10 Å². The Kier molecular flexibility index (Phi) is 5.49. The van der Waals surface area contributed by atoms with Crippen molar-refractivity contribution < 1.29 is 9.90 Å². The molecular formula is C16H23NO2S. The highest BCUT2D eigenvalue weighted by atomic mass is 32.2. The summed E-state index contributed by atoms with van der Waals surface area (Å²) in [7, 11) is 0. The first-order valence-corrected chi connectivity index (χ1v) is 8.29. The zero-order chi connectivity index (χ0) is 14.5. The Labute approximate surface area is 125 Å². The molecule has 110 valence electrons. The summed E-state index contributed by atoms with van der Waals surface area (Å²) in [6, 6.07) is 8.18. The Balaban J connectivity index is 1.91. The van der Waals surface area contributed by atoms with Crippen LogP contribution in [0.25, 0.3) is 0 Å². The molecule has 0 radical (unpaired) electrons. The average Bonchev–Trinajstić information content (AvgIpc) is 2.46. The highest BCUT2D eigenvalue weighted by Gasteiger charge is 2.26. The summed E-state index contributed by atoms with van der Waals surface area (Å²) in [5, 5.41) is 12.6. The lowest BCUT2D eigenvalue weighted by molar-refractivity contribution is -0.120. The first-order valence-electron chi connectivity index (χ1n) is 7.24. The fraction of sp³-hybridized carbons (Fsp3) is 0.562. The van der Waals surface area contributed by atoms with E-state index in [9.17, 15) is 9.90 Å². The van der Waals surface area contributed by atoms with E-state index in [-0.39, 0.29) is 23.2 Å². The number of carbonyl (C=O) groups is 1. The fourth-order valence-electron chi connectivity index (χ4n) is 2.38. The smallest absolute Gasteiger partial charge is 0.237 e. The van der Waals surface area contributed by atoms with Gasteiger partial charge in [0.2, 0.25) is 5.91 Å². The van der Waals surface area contributed by atoms with Crippen molar-refractivity contribution in [3.05, 3.63) is 35.4 Å². The predicted molar refractivity (Wildman–Crippen MR) is 83.8 cm³/mol. The number of amides is 1. The number of hydrogen-bond acceptors (Lipinski definition) is 3. The molecule has 4 heteroatoms. The second-order valence-electron chi connectivity index (χ2n) is 5.59. The number of hydrogen-bond donors (Lipinski definition) is 2. The summed E-state index contributed by atoms with van der Waals surface area (Å²) < 4.78 is 0. The van der Waals surface area contributed by atoms with E-state index in [4.69, 9.17) is 0 Å². The number of nitrogens with one attached hydrogen (secondary N) is 1.